The van der Waals surface area contributed by atoms with Gasteiger partial charge in [0, 0.05) is 16.6 Å². The van der Waals surface area contributed by atoms with Gasteiger partial charge < -0.3 is 15.2 Å². The first kappa shape index (κ1) is 14.8. The van der Waals surface area contributed by atoms with E-state index in [2.05, 4.69) is 28.2 Å². The monoisotopic (exact) mass is 327 g/mol. The van der Waals surface area contributed by atoms with Gasteiger partial charge in [-0.05, 0) is 38.0 Å². The van der Waals surface area contributed by atoms with Crippen LogP contribution in [0.3, 0.4) is 0 Å². The van der Waals surface area contributed by atoms with Crippen molar-refractivity contribution in [3.05, 3.63) is 28.7 Å². The number of β-amino-alcohol motifs (C(OH)–C–C–N with tert-alkyl or cyclic N) is 1. The first-order chi connectivity index (χ1) is 9.07. The number of benzene rings is 1. The van der Waals surface area contributed by atoms with Gasteiger partial charge in [0.1, 0.15) is 18.5 Å². The highest BCUT2D eigenvalue weighted by Gasteiger charge is 2.28. The summed E-state index contributed by atoms with van der Waals surface area (Å²) in [7, 11) is 0. The molecule has 0 bridgehead atoms. The molecule has 0 amide bonds. The van der Waals surface area contributed by atoms with Gasteiger partial charge in [-0.15, -0.1) is 0 Å². The summed E-state index contributed by atoms with van der Waals surface area (Å²) in [6.45, 7) is 3.14. The van der Waals surface area contributed by atoms with Crippen LogP contribution in [-0.2, 0) is 0 Å². The summed E-state index contributed by atoms with van der Waals surface area (Å²) >= 11 is 3.40. The normalized spacial score (nSPS) is 19.3. The summed E-state index contributed by atoms with van der Waals surface area (Å²) < 4.78 is 6.56. The Morgan fingerprint density at radius 3 is 2.84 bits per heavy atom. The quantitative estimate of drug-likeness (QED) is 0.843. The lowest BCUT2D eigenvalue weighted by atomic mass is 10.0. The van der Waals surface area contributed by atoms with E-state index in [1.807, 2.05) is 24.3 Å². The zero-order valence-electron chi connectivity index (χ0n) is 11.4. The minimum Gasteiger partial charge on any atom is -0.491 e. The van der Waals surface area contributed by atoms with Gasteiger partial charge in [-0.1, -0.05) is 34.8 Å². The highest BCUT2D eigenvalue weighted by Crippen LogP contribution is 2.28. The number of hydrogen-bond donors (Lipinski definition) is 2. The van der Waals surface area contributed by atoms with Gasteiger partial charge in [0.15, 0.2) is 0 Å². The van der Waals surface area contributed by atoms with E-state index in [-0.39, 0.29) is 5.54 Å². The van der Waals surface area contributed by atoms with Gasteiger partial charge in [-0.3, -0.25) is 0 Å². The maximum atomic E-state index is 9.96. The van der Waals surface area contributed by atoms with Gasteiger partial charge in [0.05, 0.1) is 0 Å². The molecule has 1 aliphatic carbocycles. The molecule has 2 N–H and O–H groups in total. The van der Waals surface area contributed by atoms with Crippen LogP contribution in [0.25, 0.3) is 0 Å². The summed E-state index contributed by atoms with van der Waals surface area (Å²) in [4.78, 5) is 0. The highest BCUT2D eigenvalue weighted by atomic mass is 79.9. The van der Waals surface area contributed by atoms with Gasteiger partial charge in [0.25, 0.3) is 0 Å². The van der Waals surface area contributed by atoms with Crippen molar-refractivity contribution in [2.24, 2.45) is 0 Å². The van der Waals surface area contributed by atoms with Crippen molar-refractivity contribution < 1.29 is 9.84 Å². The van der Waals surface area contributed by atoms with E-state index < -0.39 is 6.10 Å². The first-order valence-corrected chi connectivity index (χ1v) is 7.68. The van der Waals surface area contributed by atoms with Crippen molar-refractivity contribution in [2.45, 2.75) is 44.2 Å². The number of aliphatic hydroxyl groups excluding tert-OH is 1. The van der Waals surface area contributed by atoms with Crippen molar-refractivity contribution >= 4 is 15.9 Å². The van der Waals surface area contributed by atoms with Crippen molar-refractivity contribution in [3.63, 3.8) is 0 Å². The predicted molar refractivity (Wildman–Crippen MR) is 80.5 cm³/mol. The molecule has 0 spiro atoms. The van der Waals surface area contributed by atoms with Crippen LogP contribution in [0.4, 0.5) is 0 Å². The van der Waals surface area contributed by atoms with Gasteiger partial charge in [-0.2, -0.15) is 0 Å². The molecular weight excluding hydrogens is 306 g/mol. The molecule has 0 radical (unpaired) electrons. The van der Waals surface area contributed by atoms with Crippen LogP contribution in [-0.4, -0.2) is 29.9 Å². The standard InChI is InChI=1S/C15H22BrNO2/c1-15(7-2-3-8-15)17-10-13(18)11-19-14-6-4-5-12(16)9-14/h4-6,9,13,17-18H,2-3,7-8,10-11H2,1H3. The molecule has 1 atom stereocenters. The van der Waals surface area contributed by atoms with E-state index in [1.54, 1.807) is 0 Å². The summed E-state index contributed by atoms with van der Waals surface area (Å²) in [6.07, 6.45) is 4.50. The van der Waals surface area contributed by atoms with Crippen molar-refractivity contribution in [1.29, 1.82) is 0 Å². The van der Waals surface area contributed by atoms with Gasteiger partial charge in [0.2, 0.25) is 0 Å². The Kier molecular flexibility index (Phi) is 5.25. The van der Waals surface area contributed by atoms with E-state index in [0.717, 1.165) is 10.2 Å². The molecule has 0 aliphatic heterocycles. The lowest BCUT2D eigenvalue weighted by Gasteiger charge is -2.27. The Balaban J connectivity index is 1.71. The average molecular weight is 328 g/mol. The summed E-state index contributed by atoms with van der Waals surface area (Å²) in [5, 5.41) is 13.4. The molecule has 1 aliphatic rings. The molecule has 3 nitrogen and oxygen atoms in total. The maximum Gasteiger partial charge on any atom is 0.120 e. The second kappa shape index (κ2) is 6.73. The molecule has 106 valence electrons. The fourth-order valence-electron chi connectivity index (χ4n) is 2.50. The molecule has 0 heterocycles. The molecular formula is C15H22BrNO2. The summed E-state index contributed by atoms with van der Waals surface area (Å²) in [5.74, 6) is 0.778. The minimum absolute atomic E-state index is 0.205. The van der Waals surface area contributed by atoms with Crippen LogP contribution in [0.15, 0.2) is 28.7 Å². The Morgan fingerprint density at radius 2 is 2.16 bits per heavy atom. The Labute approximate surface area is 123 Å². The van der Waals surface area contributed by atoms with Gasteiger partial charge in [-0.25, -0.2) is 0 Å². The molecule has 4 heteroatoms. The van der Waals surface area contributed by atoms with Gasteiger partial charge >= 0.3 is 0 Å². The molecule has 0 saturated heterocycles. The number of rotatable bonds is 6. The highest BCUT2D eigenvalue weighted by molar-refractivity contribution is 9.10. The third kappa shape index (κ3) is 4.79. The predicted octanol–water partition coefficient (Wildman–Crippen LogP) is 3.11. The fourth-order valence-corrected chi connectivity index (χ4v) is 2.88. The largest absolute Gasteiger partial charge is 0.491 e. The van der Waals surface area contributed by atoms with Crippen LogP contribution in [0, 0.1) is 0 Å². The number of hydrogen-bond acceptors (Lipinski definition) is 3. The van der Waals surface area contributed by atoms with Crippen LogP contribution in [0.2, 0.25) is 0 Å². The van der Waals surface area contributed by atoms with E-state index >= 15 is 0 Å². The smallest absolute Gasteiger partial charge is 0.120 e. The van der Waals surface area contributed by atoms with E-state index in [4.69, 9.17) is 4.74 Å². The molecule has 1 aromatic carbocycles. The van der Waals surface area contributed by atoms with E-state index in [9.17, 15) is 5.11 Å². The van der Waals surface area contributed by atoms with Crippen LogP contribution in [0.1, 0.15) is 32.6 Å². The topological polar surface area (TPSA) is 41.5 Å². The zero-order valence-corrected chi connectivity index (χ0v) is 12.9. The second-order valence-electron chi connectivity index (χ2n) is 5.57. The minimum atomic E-state index is -0.476. The third-order valence-electron chi connectivity index (χ3n) is 3.71. The Morgan fingerprint density at radius 1 is 1.42 bits per heavy atom. The average Bonchev–Trinajstić information content (AvgIpc) is 2.82. The summed E-state index contributed by atoms with van der Waals surface area (Å²) in [6, 6.07) is 7.66. The third-order valence-corrected chi connectivity index (χ3v) is 4.20. The molecule has 19 heavy (non-hydrogen) atoms. The van der Waals surface area contributed by atoms with E-state index in [0.29, 0.717) is 13.2 Å². The molecule has 1 saturated carbocycles. The number of nitrogens with one attached hydrogen (secondary N) is 1. The van der Waals surface area contributed by atoms with Crippen LogP contribution in [0.5, 0.6) is 5.75 Å². The molecule has 1 fully saturated rings. The van der Waals surface area contributed by atoms with Crippen LogP contribution < -0.4 is 10.1 Å². The molecule has 2 rings (SSSR count). The lowest BCUT2D eigenvalue weighted by Crippen LogP contribution is -2.44. The van der Waals surface area contributed by atoms with Crippen molar-refractivity contribution in [2.75, 3.05) is 13.2 Å². The SMILES string of the molecule is CC1(NCC(O)COc2cccc(Br)c2)CCCC1. The van der Waals surface area contributed by atoms with Crippen LogP contribution >= 0.6 is 15.9 Å². The lowest BCUT2D eigenvalue weighted by molar-refractivity contribution is 0.0979. The van der Waals surface area contributed by atoms with E-state index in [1.165, 1.54) is 25.7 Å². The molecule has 1 unspecified atom stereocenters. The fraction of sp³-hybridized carbons (Fsp3) is 0.600. The summed E-state index contributed by atoms with van der Waals surface area (Å²) in [5.41, 5.74) is 0.205. The Hall–Kier alpha value is -0.580. The zero-order chi connectivity index (χ0) is 13.7. The molecule has 0 aromatic heterocycles. The number of aliphatic hydroxyl groups is 1. The number of halogens is 1. The molecule has 1 aromatic rings. The maximum absolute atomic E-state index is 9.96. The second-order valence-corrected chi connectivity index (χ2v) is 6.49. The Bertz CT molecular complexity index is 405. The first-order valence-electron chi connectivity index (χ1n) is 6.89. The number of ether oxygens (including phenoxy) is 1. The van der Waals surface area contributed by atoms with Crippen molar-refractivity contribution in [3.8, 4) is 5.75 Å². The van der Waals surface area contributed by atoms with Crippen molar-refractivity contribution in [1.82, 2.24) is 5.32 Å².